The van der Waals surface area contributed by atoms with Gasteiger partial charge in [-0.3, -0.25) is 5.11 Å². The van der Waals surface area contributed by atoms with Crippen LogP contribution in [0.1, 0.15) is 0 Å². The molecular formula is C13H5ClF2NO2. The molecule has 0 aliphatic rings. The molecule has 3 aromatic rings. The minimum atomic E-state index is -1.03. The van der Waals surface area contributed by atoms with Gasteiger partial charge in [-0.1, -0.05) is 22.8 Å². The van der Waals surface area contributed by atoms with E-state index in [4.69, 9.17) is 16.1 Å². The maximum Gasteiger partial charge on any atom is 0.201 e. The van der Waals surface area contributed by atoms with E-state index in [0.717, 1.165) is 6.07 Å². The molecule has 0 spiro atoms. The monoisotopic (exact) mass is 280 g/mol. The number of hydrogen-bond acceptors (Lipinski definition) is 2. The minimum absolute atomic E-state index is 0.0477. The highest BCUT2D eigenvalue weighted by Gasteiger charge is 2.19. The zero-order valence-electron chi connectivity index (χ0n) is 9.28. The topological polar surface area (TPSA) is 45.9 Å². The molecule has 1 aromatic heterocycles. The van der Waals surface area contributed by atoms with Crippen molar-refractivity contribution in [2.45, 2.75) is 0 Å². The summed E-state index contributed by atoms with van der Waals surface area (Å²) < 4.78 is 31.9. The first-order valence-electron chi connectivity index (χ1n) is 5.29. The van der Waals surface area contributed by atoms with Crippen molar-refractivity contribution in [1.29, 1.82) is 0 Å². The molecule has 19 heavy (non-hydrogen) atoms. The lowest BCUT2D eigenvalue weighted by Crippen LogP contribution is -1.89. The molecule has 3 rings (SSSR count). The lowest BCUT2D eigenvalue weighted by molar-refractivity contribution is 0.354. The van der Waals surface area contributed by atoms with E-state index >= 15 is 0 Å². The molecule has 0 unspecified atom stereocenters. The number of halogens is 3. The highest BCUT2D eigenvalue weighted by Crippen LogP contribution is 2.37. The van der Waals surface area contributed by atoms with Crippen LogP contribution in [0.4, 0.5) is 8.78 Å². The van der Waals surface area contributed by atoms with Gasteiger partial charge in [0.05, 0.1) is 5.39 Å². The van der Waals surface area contributed by atoms with E-state index in [1.54, 1.807) is 0 Å². The van der Waals surface area contributed by atoms with Crippen LogP contribution in [0.25, 0.3) is 22.2 Å². The summed E-state index contributed by atoms with van der Waals surface area (Å²) in [7, 11) is 0. The van der Waals surface area contributed by atoms with Gasteiger partial charge in [-0.15, -0.1) is 0 Å². The van der Waals surface area contributed by atoms with Crippen molar-refractivity contribution >= 4 is 22.6 Å². The number of nitrogens with zero attached hydrogens (tertiary/aromatic N) is 1. The lowest BCUT2D eigenvalue weighted by Gasteiger charge is -2.00. The molecule has 0 saturated carbocycles. The molecule has 95 valence electrons. The average Bonchev–Trinajstić information content (AvgIpc) is 2.82. The normalized spacial score (nSPS) is 11.1. The number of hydrogen-bond donors (Lipinski definition) is 0. The van der Waals surface area contributed by atoms with Gasteiger partial charge in [0, 0.05) is 5.56 Å². The standard InChI is InChI=1S/C13H5ClF2NO2/c14-10-9(18)5-4-7-12(17-19-13(7)10)6-2-1-3-8(15)11(6)16/h1-5H. The van der Waals surface area contributed by atoms with Crippen molar-refractivity contribution in [3.05, 3.63) is 47.0 Å². The highest BCUT2D eigenvalue weighted by molar-refractivity contribution is 6.36. The average molecular weight is 281 g/mol. The Hall–Kier alpha value is -2.14. The van der Waals surface area contributed by atoms with Crippen molar-refractivity contribution in [2.75, 3.05) is 0 Å². The Labute approximate surface area is 111 Å². The Morgan fingerprint density at radius 3 is 2.74 bits per heavy atom. The summed E-state index contributed by atoms with van der Waals surface area (Å²) in [5.74, 6) is -2.43. The summed E-state index contributed by atoms with van der Waals surface area (Å²) >= 11 is 5.78. The quantitative estimate of drug-likeness (QED) is 0.655. The van der Waals surface area contributed by atoms with Gasteiger partial charge >= 0.3 is 0 Å². The molecule has 0 saturated heterocycles. The van der Waals surface area contributed by atoms with E-state index in [1.165, 1.54) is 24.3 Å². The predicted molar refractivity (Wildman–Crippen MR) is 64.5 cm³/mol. The van der Waals surface area contributed by atoms with E-state index in [-0.39, 0.29) is 21.9 Å². The van der Waals surface area contributed by atoms with Gasteiger partial charge in [-0.2, -0.15) is 0 Å². The van der Waals surface area contributed by atoms with Crippen LogP contribution in [0.3, 0.4) is 0 Å². The fourth-order valence-corrected chi connectivity index (χ4v) is 2.03. The highest BCUT2D eigenvalue weighted by atomic mass is 35.5. The van der Waals surface area contributed by atoms with E-state index in [0.29, 0.717) is 5.39 Å². The predicted octanol–water partition coefficient (Wildman–Crippen LogP) is 4.57. The third-order valence-electron chi connectivity index (χ3n) is 2.75. The molecule has 0 aliphatic carbocycles. The van der Waals surface area contributed by atoms with Crippen molar-refractivity contribution in [3.8, 4) is 17.0 Å². The van der Waals surface area contributed by atoms with Crippen LogP contribution < -0.4 is 0 Å². The second-order valence-corrected chi connectivity index (χ2v) is 4.26. The van der Waals surface area contributed by atoms with Crippen molar-refractivity contribution in [3.63, 3.8) is 0 Å². The van der Waals surface area contributed by atoms with Crippen LogP contribution in [-0.4, -0.2) is 5.16 Å². The summed E-state index contributed by atoms with van der Waals surface area (Å²) in [4.78, 5) is 0. The molecule has 6 heteroatoms. The molecule has 3 nitrogen and oxygen atoms in total. The molecular weight excluding hydrogens is 276 g/mol. The lowest BCUT2D eigenvalue weighted by atomic mass is 10.1. The SMILES string of the molecule is [O]c1ccc2c(-c3cccc(F)c3F)noc2c1Cl. The Morgan fingerprint density at radius 1 is 1.16 bits per heavy atom. The smallest absolute Gasteiger partial charge is 0.201 e. The van der Waals surface area contributed by atoms with Crippen molar-refractivity contribution in [2.24, 2.45) is 0 Å². The van der Waals surface area contributed by atoms with Gasteiger partial charge in [-0.05, 0) is 24.3 Å². The molecule has 1 radical (unpaired) electrons. The zero-order valence-corrected chi connectivity index (χ0v) is 10.0. The largest absolute Gasteiger partial charge is 0.354 e. The van der Waals surface area contributed by atoms with E-state index in [1.807, 2.05) is 0 Å². The van der Waals surface area contributed by atoms with Gasteiger partial charge in [0.2, 0.25) is 5.75 Å². The van der Waals surface area contributed by atoms with Gasteiger partial charge < -0.3 is 4.52 Å². The summed E-state index contributed by atoms with van der Waals surface area (Å²) in [6.45, 7) is 0. The maximum atomic E-state index is 13.7. The number of fused-ring (bicyclic) bond motifs is 1. The van der Waals surface area contributed by atoms with Crippen LogP contribution in [0.15, 0.2) is 34.9 Å². The third kappa shape index (κ3) is 1.74. The fourth-order valence-electron chi connectivity index (χ4n) is 1.84. The summed E-state index contributed by atoms with van der Waals surface area (Å²) in [6.07, 6.45) is 0. The molecule has 0 aliphatic heterocycles. The van der Waals surface area contributed by atoms with E-state index in [9.17, 15) is 13.9 Å². The third-order valence-corrected chi connectivity index (χ3v) is 3.11. The first kappa shape index (κ1) is 11.9. The van der Waals surface area contributed by atoms with Crippen molar-refractivity contribution in [1.82, 2.24) is 5.16 Å². The first-order chi connectivity index (χ1) is 9.09. The second kappa shape index (κ2) is 4.20. The van der Waals surface area contributed by atoms with Crippen LogP contribution in [0, 0.1) is 11.6 Å². The summed E-state index contributed by atoms with van der Waals surface area (Å²) in [6, 6.07) is 6.37. The van der Waals surface area contributed by atoms with E-state index in [2.05, 4.69) is 5.16 Å². The molecule has 2 aromatic carbocycles. The second-order valence-electron chi connectivity index (χ2n) is 3.89. The fraction of sp³-hybridized carbons (Fsp3) is 0. The van der Waals surface area contributed by atoms with Crippen LogP contribution in [0.2, 0.25) is 5.02 Å². The van der Waals surface area contributed by atoms with Crippen LogP contribution in [0.5, 0.6) is 5.75 Å². The Morgan fingerprint density at radius 2 is 1.95 bits per heavy atom. The Balaban J connectivity index is 2.33. The number of aromatic nitrogens is 1. The molecule has 0 bridgehead atoms. The zero-order chi connectivity index (χ0) is 13.6. The van der Waals surface area contributed by atoms with E-state index < -0.39 is 17.4 Å². The maximum absolute atomic E-state index is 13.7. The number of benzene rings is 2. The first-order valence-corrected chi connectivity index (χ1v) is 5.66. The van der Waals surface area contributed by atoms with Gasteiger partial charge in [0.1, 0.15) is 10.7 Å². The summed E-state index contributed by atoms with van der Waals surface area (Å²) in [5, 5.41) is 15.2. The number of rotatable bonds is 1. The summed E-state index contributed by atoms with van der Waals surface area (Å²) in [5.41, 5.74) is 0.121. The van der Waals surface area contributed by atoms with Crippen molar-refractivity contribution < 1.29 is 18.4 Å². The molecule has 0 atom stereocenters. The van der Waals surface area contributed by atoms with Gasteiger partial charge in [0.15, 0.2) is 17.2 Å². The van der Waals surface area contributed by atoms with Gasteiger partial charge in [-0.25, -0.2) is 8.78 Å². The Bertz CT molecular complexity index is 786. The molecule has 1 heterocycles. The molecule has 0 fully saturated rings. The molecule has 0 N–H and O–H groups in total. The Kier molecular flexibility index (Phi) is 2.64. The minimum Gasteiger partial charge on any atom is -0.354 e. The molecule has 0 amide bonds. The van der Waals surface area contributed by atoms with Crippen LogP contribution in [-0.2, 0) is 5.11 Å². The van der Waals surface area contributed by atoms with Crippen LogP contribution >= 0.6 is 11.6 Å². The van der Waals surface area contributed by atoms with Gasteiger partial charge in [0.25, 0.3) is 0 Å².